The van der Waals surface area contributed by atoms with Gasteiger partial charge in [0.25, 0.3) is 0 Å². The minimum Gasteiger partial charge on any atom is -0.466 e. The zero-order valence-corrected chi connectivity index (χ0v) is 18.3. The molecule has 164 valence electrons. The van der Waals surface area contributed by atoms with Crippen molar-refractivity contribution in [3.05, 3.63) is 83.9 Å². The number of amides is 2. The van der Waals surface area contributed by atoms with Crippen LogP contribution < -0.4 is 10.6 Å². The summed E-state index contributed by atoms with van der Waals surface area (Å²) < 4.78 is 5.10. The molecule has 1 atom stereocenters. The van der Waals surface area contributed by atoms with Crippen LogP contribution in [0.5, 0.6) is 0 Å². The quantitative estimate of drug-likeness (QED) is 0.469. The standard InChI is InChI=1S/C27H28N2O3/c1-2-32-26(30)17-19-8-9-23-18-22(11-10-21(23)16-19)20-12-14-25(15-13-20)29-27(31)28-24-6-4-3-5-7-24/h3-7,10-15,18-19H,2,8-9,16-17H2,1H3,(H2,28,29,31). The fourth-order valence-corrected chi connectivity index (χ4v) is 4.20. The smallest absolute Gasteiger partial charge is 0.323 e. The lowest BCUT2D eigenvalue weighted by molar-refractivity contribution is -0.144. The van der Waals surface area contributed by atoms with Crippen LogP contribution in [0.4, 0.5) is 16.2 Å². The number of carbonyl (C=O) groups excluding carboxylic acids is 2. The summed E-state index contributed by atoms with van der Waals surface area (Å²) in [6.45, 7) is 2.29. The Morgan fingerprint density at radius 2 is 1.56 bits per heavy atom. The number of ether oxygens (including phenoxy) is 1. The maximum atomic E-state index is 12.2. The molecule has 32 heavy (non-hydrogen) atoms. The molecule has 5 nitrogen and oxygen atoms in total. The molecule has 3 aromatic carbocycles. The van der Waals surface area contributed by atoms with Gasteiger partial charge in [0.2, 0.25) is 0 Å². The van der Waals surface area contributed by atoms with Gasteiger partial charge < -0.3 is 15.4 Å². The topological polar surface area (TPSA) is 67.4 Å². The third-order valence-electron chi connectivity index (χ3n) is 5.81. The summed E-state index contributed by atoms with van der Waals surface area (Å²) in [5.74, 6) is 0.267. The van der Waals surface area contributed by atoms with Crippen molar-refractivity contribution in [2.24, 2.45) is 5.92 Å². The van der Waals surface area contributed by atoms with Crippen molar-refractivity contribution in [2.45, 2.75) is 32.6 Å². The maximum Gasteiger partial charge on any atom is 0.323 e. The molecule has 0 saturated heterocycles. The van der Waals surface area contributed by atoms with Crippen molar-refractivity contribution in [2.75, 3.05) is 17.2 Å². The van der Waals surface area contributed by atoms with E-state index in [1.807, 2.05) is 61.5 Å². The Bertz CT molecular complexity index is 1080. The largest absolute Gasteiger partial charge is 0.466 e. The predicted molar refractivity (Wildman–Crippen MR) is 128 cm³/mol. The molecule has 0 aliphatic heterocycles. The number of hydrogen-bond donors (Lipinski definition) is 2. The van der Waals surface area contributed by atoms with Gasteiger partial charge in [0.05, 0.1) is 6.61 Å². The van der Waals surface area contributed by atoms with Crippen LogP contribution in [0.1, 0.15) is 30.9 Å². The SMILES string of the molecule is CCOC(=O)CC1CCc2cc(-c3ccc(NC(=O)Nc4ccccc4)cc3)ccc2C1. The first-order chi connectivity index (χ1) is 15.6. The lowest BCUT2D eigenvalue weighted by Gasteiger charge is -2.24. The van der Waals surface area contributed by atoms with Gasteiger partial charge in [-0.3, -0.25) is 4.79 Å². The van der Waals surface area contributed by atoms with E-state index in [0.717, 1.165) is 41.8 Å². The summed E-state index contributed by atoms with van der Waals surface area (Å²) >= 11 is 0. The molecular formula is C27H28N2O3. The van der Waals surface area contributed by atoms with E-state index in [9.17, 15) is 9.59 Å². The van der Waals surface area contributed by atoms with E-state index in [0.29, 0.717) is 18.9 Å². The van der Waals surface area contributed by atoms with Crippen LogP contribution >= 0.6 is 0 Å². The van der Waals surface area contributed by atoms with Crippen LogP contribution in [-0.2, 0) is 22.4 Å². The molecule has 2 amide bonds. The van der Waals surface area contributed by atoms with Gasteiger partial charge in [-0.05, 0) is 78.6 Å². The first-order valence-electron chi connectivity index (χ1n) is 11.1. The van der Waals surface area contributed by atoms with E-state index in [4.69, 9.17) is 4.74 Å². The second kappa shape index (κ2) is 10.1. The van der Waals surface area contributed by atoms with Crippen LogP contribution in [-0.4, -0.2) is 18.6 Å². The highest BCUT2D eigenvalue weighted by atomic mass is 16.5. The highest BCUT2D eigenvalue weighted by Gasteiger charge is 2.22. The average Bonchev–Trinajstić information content (AvgIpc) is 2.80. The first kappa shape index (κ1) is 21.6. The summed E-state index contributed by atoms with van der Waals surface area (Å²) in [7, 11) is 0. The second-order valence-corrected chi connectivity index (χ2v) is 8.12. The number of carbonyl (C=O) groups is 2. The van der Waals surface area contributed by atoms with Gasteiger partial charge in [-0.25, -0.2) is 4.79 Å². The Morgan fingerprint density at radius 1 is 0.875 bits per heavy atom. The molecule has 3 aromatic rings. The van der Waals surface area contributed by atoms with Crippen LogP contribution in [0.2, 0.25) is 0 Å². The summed E-state index contributed by atoms with van der Waals surface area (Å²) in [4.78, 5) is 24.0. The fraction of sp³-hybridized carbons (Fsp3) is 0.259. The molecule has 0 fully saturated rings. The fourth-order valence-electron chi connectivity index (χ4n) is 4.20. The third-order valence-corrected chi connectivity index (χ3v) is 5.81. The van der Waals surface area contributed by atoms with E-state index in [1.54, 1.807) is 0 Å². The number of esters is 1. The number of hydrogen-bond acceptors (Lipinski definition) is 3. The van der Waals surface area contributed by atoms with Gasteiger partial charge in [-0.15, -0.1) is 0 Å². The van der Waals surface area contributed by atoms with E-state index >= 15 is 0 Å². The van der Waals surface area contributed by atoms with Crippen molar-refractivity contribution < 1.29 is 14.3 Å². The molecule has 0 bridgehead atoms. The van der Waals surface area contributed by atoms with Crippen molar-refractivity contribution >= 4 is 23.4 Å². The normalized spacial score (nSPS) is 14.8. The summed E-state index contributed by atoms with van der Waals surface area (Å²) in [5.41, 5.74) is 6.43. The van der Waals surface area contributed by atoms with Gasteiger partial charge in [0, 0.05) is 17.8 Å². The number of fused-ring (bicyclic) bond motifs is 1. The highest BCUT2D eigenvalue weighted by molar-refractivity contribution is 5.99. The number of para-hydroxylation sites is 1. The highest BCUT2D eigenvalue weighted by Crippen LogP contribution is 2.31. The van der Waals surface area contributed by atoms with Gasteiger partial charge in [-0.2, -0.15) is 0 Å². The number of aryl methyl sites for hydroxylation is 1. The number of nitrogens with one attached hydrogen (secondary N) is 2. The monoisotopic (exact) mass is 428 g/mol. The van der Waals surface area contributed by atoms with Crippen molar-refractivity contribution in [1.82, 2.24) is 0 Å². The van der Waals surface area contributed by atoms with Crippen molar-refractivity contribution in [1.29, 1.82) is 0 Å². The Balaban J connectivity index is 1.37. The maximum absolute atomic E-state index is 12.2. The van der Waals surface area contributed by atoms with Gasteiger partial charge in [0.1, 0.15) is 0 Å². The van der Waals surface area contributed by atoms with Crippen molar-refractivity contribution in [3.8, 4) is 11.1 Å². The molecule has 0 spiro atoms. The Kier molecular flexibility index (Phi) is 6.85. The summed E-state index contributed by atoms with van der Waals surface area (Å²) in [6, 6.07) is 23.5. The number of benzene rings is 3. The molecule has 0 aromatic heterocycles. The Hall–Kier alpha value is -3.60. The molecular weight excluding hydrogens is 400 g/mol. The van der Waals surface area contributed by atoms with Gasteiger partial charge in [0.15, 0.2) is 0 Å². The third kappa shape index (κ3) is 5.55. The van der Waals surface area contributed by atoms with Crippen LogP contribution in [0, 0.1) is 5.92 Å². The van der Waals surface area contributed by atoms with E-state index in [-0.39, 0.29) is 12.0 Å². The molecule has 2 N–H and O–H groups in total. The Morgan fingerprint density at radius 3 is 2.28 bits per heavy atom. The molecule has 1 aliphatic rings. The Labute approximate surface area is 188 Å². The molecule has 0 saturated carbocycles. The predicted octanol–water partition coefficient (Wildman–Crippen LogP) is 6.06. The minimum absolute atomic E-state index is 0.0938. The zero-order valence-electron chi connectivity index (χ0n) is 18.3. The molecule has 5 heteroatoms. The molecule has 0 heterocycles. The van der Waals surface area contributed by atoms with E-state index in [2.05, 4.69) is 28.8 Å². The second-order valence-electron chi connectivity index (χ2n) is 8.12. The minimum atomic E-state index is -0.268. The van der Waals surface area contributed by atoms with Crippen LogP contribution in [0.3, 0.4) is 0 Å². The summed E-state index contributed by atoms with van der Waals surface area (Å²) in [5, 5.41) is 5.67. The summed E-state index contributed by atoms with van der Waals surface area (Å²) in [6.07, 6.45) is 3.41. The van der Waals surface area contributed by atoms with Gasteiger partial charge >= 0.3 is 12.0 Å². The van der Waals surface area contributed by atoms with Crippen molar-refractivity contribution in [3.63, 3.8) is 0 Å². The first-order valence-corrected chi connectivity index (χ1v) is 11.1. The zero-order chi connectivity index (χ0) is 22.3. The van der Waals surface area contributed by atoms with Crippen LogP contribution in [0.25, 0.3) is 11.1 Å². The van der Waals surface area contributed by atoms with E-state index < -0.39 is 0 Å². The molecule has 1 aliphatic carbocycles. The molecule has 1 unspecified atom stereocenters. The van der Waals surface area contributed by atoms with E-state index in [1.165, 1.54) is 11.1 Å². The van der Waals surface area contributed by atoms with Gasteiger partial charge in [-0.1, -0.05) is 48.5 Å². The number of rotatable bonds is 6. The average molecular weight is 429 g/mol. The number of urea groups is 1. The lowest BCUT2D eigenvalue weighted by atomic mass is 9.81. The lowest BCUT2D eigenvalue weighted by Crippen LogP contribution is -2.19. The number of anilines is 2. The van der Waals surface area contributed by atoms with Crippen LogP contribution in [0.15, 0.2) is 72.8 Å². The molecule has 0 radical (unpaired) electrons. The molecule has 4 rings (SSSR count).